The molecule has 0 atom stereocenters. The van der Waals surface area contributed by atoms with Crippen LogP contribution in [0, 0.1) is 0 Å². The van der Waals surface area contributed by atoms with E-state index in [1.54, 1.807) is 19.2 Å². The Labute approximate surface area is 125 Å². The zero-order valence-electron chi connectivity index (χ0n) is 12.4. The Morgan fingerprint density at radius 1 is 1.24 bits per heavy atom. The molecular formula is C13H23N3O4S. The lowest BCUT2D eigenvalue weighted by atomic mass is 10.3. The lowest BCUT2D eigenvalue weighted by Crippen LogP contribution is -2.21. The first-order chi connectivity index (χ1) is 10.0. The zero-order chi connectivity index (χ0) is 15.7. The van der Waals surface area contributed by atoms with E-state index in [-0.39, 0.29) is 4.90 Å². The Kier molecular flexibility index (Phi) is 7.44. The first-order valence-corrected chi connectivity index (χ1v) is 8.13. The summed E-state index contributed by atoms with van der Waals surface area (Å²) in [6.45, 7) is 2.30. The Morgan fingerprint density at radius 2 is 2.00 bits per heavy atom. The summed E-state index contributed by atoms with van der Waals surface area (Å²) in [5, 5.41) is 3.09. The fourth-order valence-electron chi connectivity index (χ4n) is 1.66. The number of methoxy groups -OCH3 is 1. The van der Waals surface area contributed by atoms with Crippen molar-refractivity contribution in [3.63, 3.8) is 0 Å². The number of ether oxygens (including phenoxy) is 2. The Bertz CT molecular complexity index is 534. The van der Waals surface area contributed by atoms with Crippen LogP contribution in [0.2, 0.25) is 0 Å². The number of nitrogens with two attached hydrogens (primary N) is 1. The second-order valence-electron chi connectivity index (χ2n) is 4.35. The second kappa shape index (κ2) is 8.83. The highest BCUT2D eigenvalue weighted by Gasteiger charge is 2.16. The number of anilines is 2. The Hall–Kier alpha value is -1.35. The van der Waals surface area contributed by atoms with Gasteiger partial charge in [-0.25, -0.2) is 13.1 Å². The molecule has 1 aromatic rings. The third-order valence-corrected chi connectivity index (χ3v) is 4.23. The average Bonchev–Trinajstić information content (AvgIpc) is 2.47. The van der Waals surface area contributed by atoms with Crippen LogP contribution in [0.4, 0.5) is 11.4 Å². The van der Waals surface area contributed by atoms with E-state index in [1.165, 1.54) is 13.1 Å². The molecule has 0 saturated carbocycles. The molecule has 0 saturated heterocycles. The van der Waals surface area contributed by atoms with Crippen LogP contribution in [0.5, 0.6) is 0 Å². The van der Waals surface area contributed by atoms with Crippen LogP contribution in [0.25, 0.3) is 0 Å². The van der Waals surface area contributed by atoms with E-state index in [0.29, 0.717) is 37.7 Å². The topological polar surface area (TPSA) is 103 Å². The maximum atomic E-state index is 11.9. The van der Waals surface area contributed by atoms with Crippen LogP contribution in [-0.2, 0) is 19.5 Å². The minimum absolute atomic E-state index is 0.144. The van der Waals surface area contributed by atoms with Gasteiger partial charge in [-0.2, -0.15) is 0 Å². The molecule has 0 aromatic heterocycles. The van der Waals surface area contributed by atoms with Crippen LogP contribution < -0.4 is 15.8 Å². The van der Waals surface area contributed by atoms with Crippen molar-refractivity contribution >= 4 is 21.4 Å². The van der Waals surface area contributed by atoms with E-state index in [9.17, 15) is 8.42 Å². The number of hydrogen-bond acceptors (Lipinski definition) is 6. The highest BCUT2D eigenvalue weighted by molar-refractivity contribution is 7.89. The lowest BCUT2D eigenvalue weighted by molar-refractivity contribution is 0.0705. The van der Waals surface area contributed by atoms with E-state index in [0.717, 1.165) is 6.42 Å². The van der Waals surface area contributed by atoms with Gasteiger partial charge in [0.05, 0.1) is 18.9 Å². The van der Waals surface area contributed by atoms with Crippen molar-refractivity contribution in [2.75, 3.05) is 51.6 Å². The Balaban J connectivity index is 2.55. The third-order valence-electron chi connectivity index (χ3n) is 2.78. The number of nitrogen functional groups attached to an aromatic ring is 1. The SMILES string of the molecule is CNS(=O)(=O)c1cc(N)ccc1NCCCOCCOC. The van der Waals surface area contributed by atoms with Gasteiger partial charge in [-0.15, -0.1) is 0 Å². The van der Waals surface area contributed by atoms with Crippen molar-refractivity contribution in [3.8, 4) is 0 Å². The van der Waals surface area contributed by atoms with Crippen LogP contribution in [0.15, 0.2) is 23.1 Å². The summed E-state index contributed by atoms with van der Waals surface area (Å²) in [7, 11) is -0.559. The molecule has 0 unspecified atom stereocenters. The molecule has 0 heterocycles. The molecular weight excluding hydrogens is 294 g/mol. The van der Waals surface area contributed by atoms with Gasteiger partial charge in [0, 0.05) is 25.9 Å². The summed E-state index contributed by atoms with van der Waals surface area (Å²) in [5.41, 5.74) is 6.57. The van der Waals surface area contributed by atoms with E-state index < -0.39 is 10.0 Å². The molecule has 0 bridgehead atoms. The maximum absolute atomic E-state index is 11.9. The van der Waals surface area contributed by atoms with Gasteiger partial charge in [-0.3, -0.25) is 0 Å². The summed E-state index contributed by atoms with van der Waals surface area (Å²) >= 11 is 0. The summed E-state index contributed by atoms with van der Waals surface area (Å²) in [6.07, 6.45) is 0.757. The molecule has 0 radical (unpaired) electrons. The van der Waals surface area contributed by atoms with Crippen molar-refractivity contribution in [1.82, 2.24) is 4.72 Å². The quantitative estimate of drug-likeness (QED) is 0.432. The van der Waals surface area contributed by atoms with Crippen molar-refractivity contribution in [2.45, 2.75) is 11.3 Å². The van der Waals surface area contributed by atoms with Gasteiger partial charge in [-0.1, -0.05) is 0 Å². The molecule has 7 nitrogen and oxygen atoms in total. The molecule has 120 valence electrons. The molecule has 0 spiro atoms. The van der Waals surface area contributed by atoms with Crippen molar-refractivity contribution < 1.29 is 17.9 Å². The predicted molar refractivity (Wildman–Crippen MR) is 82.9 cm³/mol. The smallest absolute Gasteiger partial charge is 0.242 e. The van der Waals surface area contributed by atoms with E-state index in [4.69, 9.17) is 15.2 Å². The first kappa shape index (κ1) is 17.7. The Morgan fingerprint density at radius 3 is 2.67 bits per heavy atom. The highest BCUT2D eigenvalue weighted by atomic mass is 32.2. The first-order valence-electron chi connectivity index (χ1n) is 6.65. The molecule has 0 amide bonds. The monoisotopic (exact) mass is 317 g/mol. The molecule has 21 heavy (non-hydrogen) atoms. The van der Waals surface area contributed by atoms with Gasteiger partial charge in [0.2, 0.25) is 10.0 Å². The average molecular weight is 317 g/mol. The number of nitrogens with one attached hydrogen (secondary N) is 2. The fraction of sp³-hybridized carbons (Fsp3) is 0.538. The van der Waals surface area contributed by atoms with Gasteiger partial charge in [0.25, 0.3) is 0 Å². The minimum atomic E-state index is -3.55. The molecule has 0 fully saturated rings. The van der Waals surface area contributed by atoms with E-state index in [2.05, 4.69) is 10.0 Å². The van der Waals surface area contributed by atoms with E-state index >= 15 is 0 Å². The summed E-state index contributed by atoms with van der Waals surface area (Å²) in [5.74, 6) is 0. The van der Waals surface area contributed by atoms with Crippen molar-refractivity contribution in [1.29, 1.82) is 0 Å². The summed E-state index contributed by atoms with van der Waals surface area (Å²) < 4.78 is 36.4. The molecule has 0 aliphatic rings. The number of benzene rings is 1. The molecule has 0 aliphatic heterocycles. The molecule has 1 aromatic carbocycles. The van der Waals surface area contributed by atoms with E-state index in [1.807, 2.05) is 0 Å². The van der Waals surface area contributed by atoms with Crippen molar-refractivity contribution in [3.05, 3.63) is 18.2 Å². The molecule has 1 rings (SSSR count). The van der Waals surface area contributed by atoms with Crippen molar-refractivity contribution in [2.24, 2.45) is 0 Å². The molecule has 0 aliphatic carbocycles. The summed E-state index contributed by atoms with van der Waals surface area (Å²) in [6, 6.07) is 4.75. The number of rotatable bonds is 10. The lowest BCUT2D eigenvalue weighted by Gasteiger charge is -2.13. The standard InChI is InChI=1S/C13H23N3O4S/c1-15-21(17,18)13-10-11(14)4-5-12(13)16-6-3-7-20-9-8-19-2/h4-5,10,15-16H,3,6-9,14H2,1-2H3. The number of sulfonamides is 1. The highest BCUT2D eigenvalue weighted by Crippen LogP contribution is 2.23. The van der Waals surface area contributed by atoms with Gasteiger partial charge in [-0.05, 0) is 31.7 Å². The van der Waals surface area contributed by atoms with Crippen LogP contribution in [-0.4, -0.2) is 48.9 Å². The predicted octanol–water partition coefficient (Wildman–Crippen LogP) is 0.642. The van der Waals surface area contributed by atoms with Gasteiger partial charge >= 0.3 is 0 Å². The second-order valence-corrected chi connectivity index (χ2v) is 6.20. The van der Waals surface area contributed by atoms with Crippen LogP contribution >= 0.6 is 0 Å². The largest absolute Gasteiger partial charge is 0.399 e. The summed E-state index contributed by atoms with van der Waals surface area (Å²) in [4.78, 5) is 0.144. The van der Waals surface area contributed by atoms with Gasteiger partial charge in [0.1, 0.15) is 4.90 Å². The molecule has 8 heteroatoms. The normalized spacial score (nSPS) is 11.5. The van der Waals surface area contributed by atoms with Gasteiger partial charge in [0.15, 0.2) is 0 Å². The maximum Gasteiger partial charge on any atom is 0.242 e. The molecule has 4 N–H and O–H groups in total. The zero-order valence-corrected chi connectivity index (χ0v) is 13.2. The number of hydrogen-bond donors (Lipinski definition) is 3. The minimum Gasteiger partial charge on any atom is -0.399 e. The fourth-order valence-corrected chi connectivity index (χ4v) is 2.60. The van der Waals surface area contributed by atoms with Crippen LogP contribution in [0.1, 0.15) is 6.42 Å². The van der Waals surface area contributed by atoms with Gasteiger partial charge < -0.3 is 20.5 Å². The van der Waals surface area contributed by atoms with Crippen LogP contribution in [0.3, 0.4) is 0 Å². The third kappa shape index (κ3) is 5.88.